The van der Waals surface area contributed by atoms with Gasteiger partial charge in [-0.05, 0) is 0 Å². The molecule has 0 spiro atoms. The van der Waals surface area contributed by atoms with Crippen LogP contribution in [0, 0.1) is 0 Å². The Kier molecular flexibility index (Phi) is 12.5. The van der Waals surface area contributed by atoms with Crippen LogP contribution in [-0.2, 0) is 33.2 Å². The van der Waals surface area contributed by atoms with Crippen LogP contribution in [0.3, 0.4) is 0 Å². The highest BCUT2D eigenvalue weighted by Gasteiger charge is 2.55. The minimum Gasteiger partial charge on any atom is -0.394 e. The fraction of sp³-hybridized carbons (Fsp3) is 1.00. The van der Waals surface area contributed by atoms with Gasteiger partial charge in [-0.1, -0.05) is 0 Å². The largest absolute Gasteiger partial charge is 0.394 e. The Bertz CT molecular complexity index is 929. The van der Waals surface area contributed by atoms with E-state index in [9.17, 15) is 71.5 Å². The molecule has 4 aliphatic rings. The summed E-state index contributed by atoms with van der Waals surface area (Å²) in [5.74, 6) is -2.42. The van der Waals surface area contributed by atoms with Crippen LogP contribution >= 0.6 is 0 Å². The summed E-state index contributed by atoms with van der Waals surface area (Å²) in [5, 5.41) is 142. The molecule has 4 fully saturated rings. The van der Waals surface area contributed by atoms with E-state index in [1.165, 1.54) is 0 Å². The maximum absolute atomic E-state index is 11.0. The number of ether oxygens (including phenoxy) is 7. The quantitative estimate of drug-likeness (QED) is 0.103. The molecule has 19 atom stereocenters. The molecule has 0 aliphatic carbocycles. The summed E-state index contributed by atoms with van der Waals surface area (Å²) >= 11 is 0. The van der Waals surface area contributed by atoms with Gasteiger partial charge in [-0.2, -0.15) is 0 Å². The molecule has 4 aliphatic heterocycles. The number of rotatable bonds is 10. The first kappa shape index (κ1) is 37.0. The minimum atomic E-state index is -2.42. The number of aliphatic hydroxyl groups is 14. The topological polar surface area (TPSA) is 348 Å². The summed E-state index contributed by atoms with van der Waals surface area (Å²) in [6.07, 6.45) is -32.3. The second-order valence-corrected chi connectivity index (χ2v) is 11.3. The highest BCUT2D eigenvalue weighted by atomic mass is 16.8. The number of hydrogen-bond donors (Lipinski definition) is 14. The van der Waals surface area contributed by atoms with Gasteiger partial charge in [0.25, 0.3) is 0 Å². The zero-order chi connectivity index (χ0) is 33.4. The molecule has 14 N–H and O–H groups in total. The zero-order valence-electron chi connectivity index (χ0n) is 23.5. The third kappa shape index (κ3) is 7.44. The van der Waals surface area contributed by atoms with Crippen molar-refractivity contribution in [1.82, 2.24) is 0 Å². The molecule has 0 amide bonds. The Morgan fingerprint density at radius 2 is 1.13 bits per heavy atom. The average molecular weight is 667 g/mol. The fourth-order valence-corrected chi connectivity index (χ4v) is 5.35. The molecule has 4 heterocycles. The van der Waals surface area contributed by atoms with Gasteiger partial charge in [0.05, 0.1) is 26.4 Å². The standard InChI is InChI=1S/C24H42O21/c25-1-7-11(29)14(32)16(34)22(43-7)39-5-24(20(37)10(28)6(27)3-40-24)41-4-9-13(31)19(18(36)21(38)42-9)45-23-17(35)15(33)12(30)8(2-26)44-23/h6-23,25-38H,1-5H2/t6-,7-,8-,9-,10-,11-,12-,13-,14+,15+,16-,17-,18-,19+,20+,21?,22-,23+,24+/m1/s1. The van der Waals surface area contributed by atoms with Gasteiger partial charge < -0.3 is 105 Å². The van der Waals surface area contributed by atoms with Gasteiger partial charge in [-0.25, -0.2) is 0 Å². The molecular weight excluding hydrogens is 624 g/mol. The second-order valence-electron chi connectivity index (χ2n) is 11.3. The predicted octanol–water partition coefficient (Wildman–Crippen LogP) is -9.75. The summed E-state index contributed by atoms with van der Waals surface area (Å²) in [7, 11) is 0. The minimum absolute atomic E-state index is 0.644. The number of hydrogen-bond acceptors (Lipinski definition) is 21. The number of aliphatic hydroxyl groups excluding tert-OH is 14. The van der Waals surface area contributed by atoms with Crippen molar-refractivity contribution >= 4 is 0 Å². The first-order valence-electron chi connectivity index (χ1n) is 14.1. The van der Waals surface area contributed by atoms with E-state index in [2.05, 4.69) is 0 Å². The molecule has 0 aromatic rings. The van der Waals surface area contributed by atoms with Gasteiger partial charge >= 0.3 is 0 Å². The maximum atomic E-state index is 11.0. The lowest BCUT2D eigenvalue weighted by atomic mass is 9.95. The van der Waals surface area contributed by atoms with Crippen LogP contribution < -0.4 is 0 Å². The zero-order valence-corrected chi connectivity index (χ0v) is 23.5. The van der Waals surface area contributed by atoms with Crippen molar-refractivity contribution in [3.8, 4) is 0 Å². The molecule has 0 aromatic heterocycles. The van der Waals surface area contributed by atoms with Crippen LogP contribution in [0.4, 0.5) is 0 Å². The monoisotopic (exact) mass is 666 g/mol. The van der Waals surface area contributed by atoms with Crippen molar-refractivity contribution in [3.63, 3.8) is 0 Å². The van der Waals surface area contributed by atoms with Crippen LogP contribution in [0.2, 0.25) is 0 Å². The second kappa shape index (κ2) is 15.1. The highest BCUT2D eigenvalue weighted by Crippen LogP contribution is 2.33. The van der Waals surface area contributed by atoms with Crippen LogP contribution in [0.5, 0.6) is 0 Å². The Labute approximate surface area is 254 Å². The summed E-state index contributed by atoms with van der Waals surface area (Å²) in [4.78, 5) is 0. The van der Waals surface area contributed by atoms with E-state index in [-0.39, 0.29) is 0 Å². The van der Waals surface area contributed by atoms with Gasteiger partial charge in [0.15, 0.2) is 18.9 Å². The van der Waals surface area contributed by atoms with Gasteiger partial charge in [0.2, 0.25) is 5.79 Å². The van der Waals surface area contributed by atoms with Crippen LogP contribution in [0.1, 0.15) is 0 Å². The summed E-state index contributed by atoms with van der Waals surface area (Å²) in [6, 6.07) is 0. The molecule has 0 saturated carbocycles. The van der Waals surface area contributed by atoms with Crippen LogP contribution in [0.15, 0.2) is 0 Å². The molecule has 45 heavy (non-hydrogen) atoms. The van der Waals surface area contributed by atoms with Crippen LogP contribution in [0.25, 0.3) is 0 Å². The lowest BCUT2D eigenvalue weighted by Gasteiger charge is -2.48. The fourth-order valence-electron chi connectivity index (χ4n) is 5.35. The molecule has 0 radical (unpaired) electrons. The molecule has 21 nitrogen and oxygen atoms in total. The maximum Gasteiger partial charge on any atom is 0.221 e. The molecule has 1 unspecified atom stereocenters. The van der Waals surface area contributed by atoms with Crippen molar-refractivity contribution in [2.45, 2.75) is 116 Å². The van der Waals surface area contributed by atoms with E-state index >= 15 is 0 Å². The van der Waals surface area contributed by atoms with Crippen molar-refractivity contribution in [2.24, 2.45) is 0 Å². The molecular formula is C24H42O21. The van der Waals surface area contributed by atoms with E-state index in [1.807, 2.05) is 0 Å². The van der Waals surface area contributed by atoms with Crippen molar-refractivity contribution in [3.05, 3.63) is 0 Å². The molecule has 4 rings (SSSR count). The summed E-state index contributed by atoms with van der Waals surface area (Å²) < 4.78 is 37.7. The van der Waals surface area contributed by atoms with E-state index in [0.717, 1.165) is 0 Å². The van der Waals surface area contributed by atoms with Gasteiger partial charge in [-0.3, -0.25) is 0 Å². The lowest BCUT2D eigenvalue weighted by Crippen LogP contribution is -2.67. The van der Waals surface area contributed by atoms with Crippen molar-refractivity contribution in [2.75, 3.05) is 33.0 Å². The lowest BCUT2D eigenvalue weighted by molar-refractivity contribution is -0.389. The first-order valence-corrected chi connectivity index (χ1v) is 14.1. The summed E-state index contributed by atoms with van der Waals surface area (Å²) in [6.45, 7) is -3.99. The normalized spacial score (nSPS) is 52.9. The first-order chi connectivity index (χ1) is 21.2. The average Bonchev–Trinajstić information content (AvgIpc) is 3.03. The Morgan fingerprint density at radius 1 is 0.578 bits per heavy atom. The molecule has 264 valence electrons. The third-order valence-electron chi connectivity index (χ3n) is 8.26. The Hall–Kier alpha value is -0.840. The molecule has 0 aromatic carbocycles. The van der Waals surface area contributed by atoms with E-state index in [4.69, 9.17) is 33.2 Å². The van der Waals surface area contributed by atoms with E-state index in [1.54, 1.807) is 0 Å². The Balaban J connectivity index is 1.48. The highest BCUT2D eigenvalue weighted by molar-refractivity contribution is 4.97. The van der Waals surface area contributed by atoms with E-state index < -0.39 is 149 Å². The smallest absolute Gasteiger partial charge is 0.221 e. The molecule has 21 heteroatoms. The van der Waals surface area contributed by atoms with E-state index in [0.29, 0.717) is 0 Å². The Morgan fingerprint density at radius 3 is 1.71 bits per heavy atom. The van der Waals surface area contributed by atoms with Crippen LogP contribution in [-0.4, -0.2) is 221 Å². The van der Waals surface area contributed by atoms with Crippen molar-refractivity contribution < 1.29 is 105 Å². The summed E-state index contributed by atoms with van der Waals surface area (Å²) in [5.41, 5.74) is 0. The van der Waals surface area contributed by atoms with Crippen molar-refractivity contribution in [1.29, 1.82) is 0 Å². The predicted molar refractivity (Wildman–Crippen MR) is 134 cm³/mol. The van der Waals surface area contributed by atoms with Gasteiger partial charge in [-0.15, -0.1) is 0 Å². The molecule has 4 saturated heterocycles. The SMILES string of the molecule is OC[C@H]1O[C@@H](OC[C@@]2(OC[C@H]3OC(O)[C@H](O)[C@@H](O[C@@H]4O[C@H](CO)[C@@H](O)[C@H](O)[C@H]4O)[C@@H]3O)OC[C@@H](O)[C@@H](O)[C@@H]2O)[C@H](O)[C@@H](O)[C@@H]1O. The van der Waals surface area contributed by atoms with Gasteiger partial charge in [0, 0.05) is 0 Å². The van der Waals surface area contributed by atoms with Gasteiger partial charge in [0.1, 0.15) is 98.2 Å². The third-order valence-corrected chi connectivity index (χ3v) is 8.26. The molecule has 0 bridgehead atoms.